The van der Waals surface area contributed by atoms with Crippen LogP contribution < -0.4 is 5.32 Å². The molecule has 2 aromatic heterocycles. The molecule has 1 aliphatic heterocycles. The molecular weight excluding hydrogens is 248 g/mol. The molecule has 0 saturated carbocycles. The van der Waals surface area contributed by atoms with Crippen molar-refractivity contribution in [2.24, 2.45) is 0 Å². The van der Waals surface area contributed by atoms with Gasteiger partial charge >= 0.3 is 0 Å². The molecule has 18 heavy (non-hydrogen) atoms. The molecule has 0 aromatic carbocycles. The van der Waals surface area contributed by atoms with Crippen LogP contribution in [0.15, 0.2) is 22.0 Å². The van der Waals surface area contributed by atoms with Gasteiger partial charge in [-0.1, -0.05) is 11.2 Å². The minimum atomic E-state index is 0.571. The van der Waals surface area contributed by atoms with Crippen molar-refractivity contribution >= 4 is 11.3 Å². The molecule has 2 aromatic rings. The maximum Gasteiger partial charge on any atom is 0.241 e. The fraction of sp³-hybridized carbons (Fsp3) is 0.500. The Kier molecular flexibility index (Phi) is 3.40. The number of likely N-dealkylation sites (N-methyl/N-ethyl adjacent to an activating group) is 1. The van der Waals surface area contributed by atoms with Crippen molar-refractivity contribution in [1.82, 2.24) is 20.4 Å². The summed E-state index contributed by atoms with van der Waals surface area (Å²) in [5.74, 6) is 1.38. The predicted octanol–water partition coefficient (Wildman–Crippen LogP) is 1.59. The van der Waals surface area contributed by atoms with Crippen LogP contribution in [-0.2, 0) is 6.54 Å². The van der Waals surface area contributed by atoms with E-state index < -0.39 is 0 Å². The van der Waals surface area contributed by atoms with Gasteiger partial charge < -0.3 is 9.84 Å². The number of rotatable bonds is 4. The van der Waals surface area contributed by atoms with Crippen LogP contribution in [0.2, 0.25) is 0 Å². The van der Waals surface area contributed by atoms with Gasteiger partial charge in [0.05, 0.1) is 11.4 Å². The zero-order chi connectivity index (χ0) is 12.4. The lowest BCUT2D eigenvalue weighted by atomic mass is 10.2. The highest BCUT2D eigenvalue weighted by Gasteiger charge is 2.21. The molecule has 0 bridgehead atoms. The summed E-state index contributed by atoms with van der Waals surface area (Å²) >= 11 is 1.62. The summed E-state index contributed by atoms with van der Waals surface area (Å²) in [6.07, 6.45) is 1.18. The van der Waals surface area contributed by atoms with Crippen LogP contribution in [-0.4, -0.2) is 41.2 Å². The van der Waals surface area contributed by atoms with E-state index in [2.05, 4.69) is 27.4 Å². The molecule has 1 N–H and O–H groups in total. The minimum Gasteiger partial charge on any atom is -0.338 e. The Morgan fingerprint density at radius 2 is 2.56 bits per heavy atom. The van der Waals surface area contributed by atoms with E-state index in [4.69, 9.17) is 4.52 Å². The summed E-state index contributed by atoms with van der Waals surface area (Å²) in [6, 6.07) is 4.57. The highest BCUT2D eigenvalue weighted by Crippen LogP contribution is 2.21. The van der Waals surface area contributed by atoms with E-state index in [0.29, 0.717) is 24.3 Å². The van der Waals surface area contributed by atoms with Crippen LogP contribution in [0, 0.1) is 0 Å². The number of nitrogens with zero attached hydrogens (tertiary/aromatic N) is 3. The van der Waals surface area contributed by atoms with Crippen molar-refractivity contribution in [3.63, 3.8) is 0 Å². The van der Waals surface area contributed by atoms with Crippen molar-refractivity contribution in [2.75, 3.05) is 20.1 Å². The number of nitrogens with one attached hydrogen (secondary N) is 1. The summed E-state index contributed by atoms with van der Waals surface area (Å²) in [5.41, 5.74) is 0. The predicted molar refractivity (Wildman–Crippen MR) is 70.4 cm³/mol. The Balaban J connectivity index is 1.66. The second-order valence-electron chi connectivity index (χ2n) is 4.55. The molecule has 1 atom stereocenters. The lowest BCUT2D eigenvalue weighted by Gasteiger charge is -2.20. The quantitative estimate of drug-likeness (QED) is 0.909. The van der Waals surface area contributed by atoms with Crippen molar-refractivity contribution in [3.8, 4) is 10.7 Å². The van der Waals surface area contributed by atoms with Gasteiger partial charge in [-0.2, -0.15) is 4.98 Å². The Bertz CT molecular complexity index is 490. The largest absolute Gasteiger partial charge is 0.338 e. The summed E-state index contributed by atoms with van der Waals surface area (Å²) in [5, 5.41) is 9.40. The molecule has 1 aliphatic rings. The van der Waals surface area contributed by atoms with E-state index in [1.54, 1.807) is 11.3 Å². The first-order chi connectivity index (χ1) is 8.83. The van der Waals surface area contributed by atoms with E-state index in [1.807, 2.05) is 17.5 Å². The van der Waals surface area contributed by atoms with Crippen molar-refractivity contribution in [3.05, 3.63) is 23.4 Å². The molecule has 3 rings (SSSR count). The number of hydrogen-bond acceptors (Lipinski definition) is 6. The monoisotopic (exact) mass is 264 g/mol. The van der Waals surface area contributed by atoms with Crippen LogP contribution in [0.5, 0.6) is 0 Å². The Morgan fingerprint density at radius 1 is 1.61 bits per heavy atom. The van der Waals surface area contributed by atoms with Gasteiger partial charge in [0.1, 0.15) is 0 Å². The van der Waals surface area contributed by atoms with Gasteiger partial charge in [-0.3, -0.25) is 4.90 Å². The Hall–Kier alpha value is -1.24. The summed E-state index contributed by atoms with van der Waals surface area (Å²) in [6.45, 7) is 2.85. The standard InChI is InChI=1S/C12H16N4OS/c1-16(9-4-5-13-7-9)8-11-14-12(15-17-11)10-3-2-6-18-10/h2-3,6,9,13H,4-5,7-8H2,1H3. The average Bonchev–Trinajstić information content (AvgIpc) is 3.12. The van der Waals surface area contributed by atoms with Gasteiger partial charge in [-0.15, -0.1) is 11.3 Å². The minimum absolute atomic E-state index is 0.571. The highest BCUT2D eigenvalue weighted by molar-refractivity contribution is 7.13. The Morgan fingerprint density at radius 3 is 3.28 bits per heavy atom. The van der Waals surface area contributed by atoms with Crippen LogP contribution >= 0.6 is 11.3 Å². The molecule has 1 fully saturated rings. The van der Waals surface area contributed by atoms with Gasteiger partial charge in [-0.25, -0.2) is 0 Å². The summed E-state index contributed by atoms with van der Waals surface area (Å²) < 4.78 is 5.30. The molecule has 0 aliphatic carbocycles. The normalized spacial score (nSPS) is 19.8. The van der Waals surface area contributed by atoms with Gasteiger partial charge in [0, 0.05) is 12.6 Å². The molecule has 0 radical (unpaired) electrons. The van der Waals surface area contributed by atoms with Gasteiger partial charge in [0.2, 0.25) is 11.7 Å². The van der Waals surface area contributed by atoms with Gasteiger partial charge in [-0.05, 0) is 31.5 Å². The molecule has 1 unspecified atom stereocenters. The van der Waals surface area contributed by atoms with Gasteiger partial charge in [0.25, 0.3) is 0 Å². The topological polar surface area (TPSA) is 54.2 Å². The molecule has 1 saturated heterocycles. The first kappa shape index (κ1) is 11.8. The highest BCUT2D eigenvalue weighted by atomic mass is 32.1. The lowest BCUT2D eigenvalue weighted by Crippen LogP contribution is -2.32. The maximum absolute atomic E-state index is 5.30. The van der Waals surface area contributed by atoms with Crippen LogP contribution in [0.25, 0.3) is 10.7 Å². The molecule has 0 spiro atoms. The second kappa shape index (κ2) is 5.17. The fourth-order valence-corrected chi connectivity index (χ4v) is 2.83. The second-order valence-corrected chi connectivity index (χ2v) is 5.50. The molecule has 6 heteroatoms. The van der Waals surface area contributed by atoms with E-state index >= 15 is 0 Å². The van der Waals surface area contributed by atoms with Crippen LogP contribution in [0.3, 0.4) is 0 Å². The summed E-state index contributed by atoms with van der Waals surface area (Å²) in [4.78, 5) is 7.76. The molecule has 0 amide bonds. The SMILES string of the molecule is CN(Cc1nc(-c2cccs2)no1)C1CCNC1. The summed E-state index contributed by atoms with van der Waals surface area (Å²) in [7, 11) is 2.10. The molecule has 5 nitrogen and oxygen atoms in total. The molecule has 96 valence electrons. The number of hydrogen-bond donors (Lipinski definition) is 1. The van der Waals surface area contributed by atoms with Crippen molar-refractivity contribution in [1.29, 1.82) is 0 Å². The van der Waals surface area contributed by atoms with Crippen LogP contribution in [0.4, 0.5) is 0 Å². The van der Waals surface area contributed by atoms with Gasteiger partial charge in [0.15, 0.2) is 0 Å². The fourth-order valence-electron chi connectivity index (χ4n) is 2.18. The Labute approximate surface area is 110 Å². The molecule has 3 heterocycles. The van der Waals surface area contributed by atoms with E-state index in [-0.39, 0.29) is 0 Å². The zero-order valence-electron chi connectivity index (χ0n) is 10.3. The first-order valence-electron chi connectivity index (χ1n) is 6.10. The number of thiophene rings is 1. The first-order valence-corrected chi connectivity index (χ1v) is 6.98. The number of aromatic nitrogens is 2. The van der Waals surface area contributed by atoms with Crippen LogP contribution in [0.1, 0.15) is 12.3 Å². The average molecular weight is 264 g/mol. The van der Waals surface area contributed by atoms with E-state index in [9.17, 15) is 0 Å². The third kappa shape index (κ3) is 2.45. The van der Waals surface area contributed by atoms with E-state index in [0.717, 1.165) is 18.0 Å². The third-order valence-electron chi connectivity index (χ3n) is 3.25. The van der Waals surface area contributed by atoms with Crippen molar-refractivity contribution < 1.29 is 4.52 Å². The zero-order valence-corrected chi connectivity index (χ0v) is 11.1. The van der Waals surface area contributed by atoms with E-state index in [1.165, 1.54) is 6.42 Å². The lowest BCUT2D eigenvalue weighted by molar-refractivity contribution is 0.214. The van der Waals surface area contributed by atoms with Crippen molar-refractivity contribution in [2.45, 2.75) is 19.0 Å². The molecular formula is C12H16N4OS. The maximum atomic E-state index is 5.30. The smallest absolute Gasteiger partial charge is 0.241 e. The third-order valence-corrected chi connectivity index (χ3v) is 4.12.